The Kier molecular flexibility index (Phi) is 4.66. The Balaban J connectivity index is 1.86. The summed E-state index contributed by atoms with van der Waals surface area (Å²) >= 11 is 1.38. The first kappa shape index (κ1) is 16.3. The van der Waals surface area contributed by atoms with Crippen molar-refractivity contribution in [2.75, 3.05) is 7.05 Å². The molecule has 0 fully saturated rings. The van der Waals surface area contributed by atoms with Crippen LogP contribution in [-0.4, -0.2) is 32.8 Å². The quantitative estimate of drug-likeness (QED) is 0.727. The van der Waals surface area contributed by atoms with Gasteiger partial charge in [-0.15, -0.1) is 11.3 Å². The Labute approximate surface area is 145 Å². The van der Waals surface area contributed by atoms with Gasteiger partial charge in [0, 0.05) is 25.6 Å². The maximum absolute atomic E-state index is 12.9. The molecule has 0 aliphatic heterocycles. The average molecular weight is 338 g/mol. The second kappa shape index (κ2) is 6.88. The molecule has 0 radical (unpaired) electrons. The van der Waals surface area contributed by atoms with Crippen LogP contribution in [0.1, 0.15) is 33.9 Å². The van der Waals surface area contributed by atoms with E-state index in [9.17, 15) is 4.79 Å². The van der Waals surface area contributed by atoms with Crippen LogP contribution in [0.3, 0.4) is 0 Å². The van der Waals surface area contributed by atoms with Crippen molar-refractivity contribution in [1.82, 2.24) is 19.9 Å². The van der Waals surface area contributed by atoms with Crippen molar-refractivity contribution in [3.63, 3.8) is 0 Å². The summed E-state index contributed by atoms with van der Waals surface area (Å²) in [6.45, 7) is 3.87. The Hall–Kier alpha value is -2.60. The summed E-state index contributed by atoms with van der Waals surface area (Å²) in [6.07, 6.45) is 5.20. The number of hydrogen-bond acceptors (Lipinski definition) is 5. The van der Waals surface area contributed by atoms with Crippen LogP contribution in [0.5, 0.6) is 0 Å². The molecular formula is C18H18N4OS. The third-order valence-electron chi connectivity index (χ3n) is 3.96. The second-order valence-electron chi connectivity index (χ2n) is 5.52. The number of nitrogens with zero attached hydrogens (tertiary/aromatic N) is 4. The molecule has 0 saturated heterocycles. The van der Waals surface area contributed by atoms with Crippen LogP contribution in [0, 0.1) is 6.92 Å². The molecule has 0 bridgehead atoms. The lowest BCUT2D eigenvalue weighted by molar-refractivity contribution is 0.0746. The average Bonchev–Trinajstić information content (AvgIpc) is 3.03. The van der Waals surface area contributed by atoms with E-state index < -0.39 is 0 Å². The van der Waals surface area contributed by atoms with E-state index in [4.69, 9.17) is 0 Å². The van der Waals surface area contributed by atoms with Gasteiger partial charge < -0.3 is 4.90 Å². The zero-order chi connectivity index (χ0) is 17.1. The summed E-state index contributed by atoms with van der Waals surface area (Å²) in [5, 5.41) is 0.765. The van der Waals surface area contributed by atoms with E-state index in [-0.39, 0.29) is 11.9 Å². The minimum Gasteiger partial charge on any atom is -0.334 e. The monoisotopic (exact) mass is 338 g/mol. The number of carbonyl (C=O) groups excluding carboxylic acids is 1. The molecule has 1 atom stereocenters. The molecule has 3 aromatic heterocycles. The minimum absolute atomic E-state index is 0.0310. The predicted octanol–water partition coefficient (Wildman–Crippen LogP) is 3.74. The number of rotatable bonds is 4. The zero-order valence-electron chi connectivity index (χ0n) is 13.8. The Bertz CT molecular complexity index is 833. The molecule has 3 rings (SSSR count). The molecule has 122 valence electrons. The summed E-state index contributed by atoms with van der Waals surface area (Å²) < 4.78 is 0. The summed E-state index contributed by atoms with van der Waals surface area (Å²) in [5.74, 6) is -0.0310. The molecule has 0 aromatic carbocycles. The molecule has 5 nitrogen and oxygen atoms in total. The van der Waals surface area contributed by atoms with Crippen LogP contribution in [0.15, 0.2) is 48.9 Å². The van der Waals surface area contributed by atoms with Crippen molar-refractivity contribution >= 4 is 17.2 Å². The molecule has 3 heterocycles. The smallest absolute Gasteiger partial charge is 0.266 e. The van der Waals surface area contributed by atoms with E-state index in [1.165, 1.54) is 11.3 Å². The fourth-order valence-corrected chi connectivity index (χ4v) is 3.42. The Morgan fingerprint density at radius 2 is 1.92 bits per heavy atom. The van der Waals surface area contributed by atoms with Gasteiger partial charge in [-0.25, -0.2) is 4.98 Å². The van der Waals surface area contributed by atoms with Crippen LogP contribution in [0.2, 0.25) is 0 Å². The topological polar surface area (TPSA) is 59.0 Å². The molecule has 0 aliphatic carbocycles. The lowest BCUT2D eigenvalue weighted by Crippen LogP contribution is -2.29. The van der Waals surface area contributed by atoms with E-state index in [1.807, 2.05) is 51.2 Å². The first-order valence-corrected chi connectivity index (χ1v) is 8.45. The van der Waals surface area contributed by atoms with Crippen LogP contribution < -0.4 is 0 Å². The molecule has 3 aromatic rings. The van der Waals surface area contributed by atoms with Gasteiger partial charge in [-0.2, -0.15) is 0 Å². The lowest BCUT2D eigenvalue weighted by atomic mass is 10.1. The van der Waals surface area contributed by atoms with Gasteiger partial charge in [0.15, 0.2) is 0 Å². The fourth-order valence-electron chi connectivity index (χ4n) is 2.40. The summed E-state index contributed by atoms with van der Waals surface area (Å²) in [6, 6.07) is 9.48. The molecule has 24 heavy (non-hydrogen) atoms. The van der Waals surface area contributed by atoms with Gasteiger partial charge in [0.25, 0.3) is 5.91 Å². The third-order valence-corrected chi connectivity index (χ3v) is 5.13. The third kappa shape index (κ3) is 3.19. The van der Waals surface area contributed by atoms with Crippen molar-refractivity contribution < 1.29 is 4.79 Å². The van der Waals surface area contributed by atoms with Crippen molar-refractivity contribution in [2.24, 2.45) is 0 Å². The maximum Gasteiger partial charge on any atom is 0.266 e. The standard InChI is InChI=1S/C18H18N4OS/c1-12-16(24-17(21-12)15-6-4-5-9-20-15)18(23)22(3)13(2)14-7-10-19-11-8-14/h4-11,13H,1-3H3/t13-/m0/s1. The van der Waals surface area contributed by atoms with E-state index in [2.05, 4.69) is 15.0 Å². The highest BCUT2D eigenvalue weighted by Crippen LogP contribution is 2.29. The van der Waals surface area contributed by atoms with Crippen LogP contribution in [0.4, 0.5) is 0 Å². The normalized spacial score (nSPS) is 12.0. The highest BCUT2D eigenvalue weighted by atomic mass is 32.1. The Morgan fingerprint density at radius 1 is 1.17 bits per heavy atom. The largest absolute Gasteiger partial charge is 0.334 e. The van der Waals surface area contributed by atoms with E-state index in [0.717, 1.165) is 22.0 Å². The number of carbonyl (C=O) groups is 1. The number of hydrogen-bond donors (Lipinski definition) is 0. The van der Waals surface area contributed by atoms with Crippen molar-refractivity contribution in [2.45, 2.75) is 19.9 Å². The van der Waals surface area contributed by atoms with Crippen LogP contribution in [-0.2, 0) is 0 Å². The van der Waals surface area contributed by atoms with Crippen molar-refractivity contribution in [3.8, 4) is 10.7 Å². The van der Waals surface area contributed by atoms with E-state index in [1.54, 1.807) is 23.5 Å². The van der Waals surface area contributed by atoms with Crippen LogP contribution >= 0.6 is 11.3 Å². The summed E-state index contributed by atoms with van der Waals surface area (Å²) in [4.78, 5) is 28.1. The van der Waals surface area contributed by atoms with Gasteiger partial charge >= 0.3 is 0 Å². The number of aromatic nitrogens is 3. The molecule has 6 heteroatoms. The van der Waals surface area contributed by atoms with Gasteiger partial charge in [-0.1, -0.05) is 6.07 Å². The second-order valence-corrected chi connectivity index (χ2v) is 6.52. The zero-order valence-corrected chi connectivity index (χ0v) is 14.6. The number of pyridine rings is 2. The van der Waals surface area contributed by atoms with Gasteiger partial charge in [0.2, 0.25) is 0 Å². The highest BCUT2D eigenvalue weighted by Gasteiger charge is 2.23. The predicted molar refractivity (Wildman–Crippen MR) is 94.8 cm³/mol. The number of thiazole rings is 1. The minimum atomic E-state index is -0.0414. The Morgan fingerprint density at radius 3 is 2.58 bits per heavy atom. The van der Waals surface area contributed by atoms with Crippen molar-refractivity contribution in [1.29, 1.82) is 0 Å². The van der Waals surface area contributed by atoms with E-state index in [0.29, 0.717) is 4.88 Å². The van der Waals surface area contributed by atoms with Crippen molar-refractivity contribution in [3.05, 3.63) is 65.1 Å². The van der Waals surface area contributed by atoms with Gasteiger partial charge in [0.1, 0.15) is 9.88 Å². The maximum atomic E-state index is 12.9. The highest BCUT2D eigenvalue weighted by molar-refractivity contribution is 7.17. The van der Waals surface area contributed by atoms with Crippen LogP contribution in [0.25, 0.3) is 10.7 Å². The first-order valence-electron chi connectivity index (χ1n) is 7.64. The SMILES string of the molecule is Cc1nc(-c2ccccn2)sc1C(=O)N(C)[C@@H](C)c1ccncc1. The van der Waals surface area contributed by atoms with Gasteiger partial charge in [0.05, 0.1) is 17.4 Å². The molecule has 0 saturated carbocycles. The first-order chi connectivity index (χ1) is 11.6. The van der Waals surface area contributed by atoms with Gasteiger partial charge in [-0.05, 0) is 43.7 Å². The molecule has 0 unspecified atom stereocenters. The lowest BCUT2D eigenvalue weighted by Gasteiger charge is -2.24. The molecular weight excluding hydrogens is 320 g/mol. The van der Waals surface area contributed by atoms with E-state index >= 15 is 0 Å². The van der Waals surface area contributed by atoms with Gasteiger partial charge in [-0.3, -0.25) is 14.8 Å². The molecule has 0 aliphatic rings. The summed E-state index contributed by atoms with van der Waals surface area (Å²) in [5.41, 5.74) is 2.57. The number of amides is 1. The summed E-state index contributed by atoms with van der Waals surface area (Å²) in [7, 11) is 1.81. The molecule has 0 spiro atoms. The fraction of sp³-hybridized carbons (Fsp3) is 0.222. The number of aryl methyl sites for hydroxylation is 1. The molecule has 1 amide bonds. The molecule has 0 N–H and O–H groups in total.